The number of fused-ring (bicyclic) bond motifs is 1. The van der Waals surface area contributed by atoms with E-state index in [0.717, 1.165) is 50.5 Å². The lowest BCUT2D eigenvalue weighted by Gasteiger charge is -2.57. The molecule has 1 saturated carbocycles. The molecule has 2 bridgehead atoms. The van der Waals surface area contributed by atoms with Crippen LogP contribution in [0.5, 0.6) is 0 Å². The summed E-state index contributed by atoms with van der Waals surface area (Å²) >= 11 is 5.63. The molecule has 2 amide bonds. The molecular weight excluding hydrogens is 427 g/mol. The van der Waals surface area contributed by atoms with Crippen molar-refractivity contribution in [2.45, 2.75) is 51.7 Å². The maximum absolute atomic E-state index is 13.0. The van der Waals surface area contributed by atoms with E-state index >= 15 is 0 Å². The Labute approximate surface area is 186 Å². The van der Waals surface area contributed by atoms with Gasteiger partial charge in [0.2, 0.25) is 0 Å². The van der Waals surface area contributed by atoms with E-state index < -0.39 is 17.8 Å². The van der Waals surface area contributed by atoms with Gasteiger partial charge in [-0.2, -0.15) is 13.2 Å². The van der Waals surface area contributed by atoms with Crippen LogP contribution in [0.1, 0.15) is 45.1 Å². The molecule has 0 spiro atoms. The standard InChI is InChI=1S/C23H29ClF3N3O/c1-22(2)15-4-3-14(18(22)11-15)13-30-9-7-16(8-10-30)28-21(31)29-17-5-6-20(24)19(12-17)23(25,26)27/h3,5-6,12,15-16,18H,4,7-11,13H2,1-2H3,(H2,28,29,31)/t15-,18-/m0/s1. The zero-order valence-corrected chi connectivity index (χ0v) is 18.6. The molecule has 1 heterocycles. The lowest BCUT2D eigenvalue weighted by Crippen LogP contribution is -2.51. The molecule has 2 atom stereocenters. The van der Waals surface area contributed by atoms with E-state index in [-0.39, 0.29) is 16.8 Å². The number of urea groups is 1. The number of halogens is 4. The number of anilines is 1. The van der Waals surface area contributed by atoms with Gasteiger partial charge in [-0.3, -0.25) is 4.90 Å². The summed E-state index contributed by atoms with van der Waals surface area (Å²) in [6, 6.07) is 2.88. The summed E-state index contributed by atoms with van der Waals surface area (Å²) in [6.45, 7) is 7.57. The topological polar surface area (TPSA) is 44.4 Å². The maximum Gasteiger partial charge on any atom is 0.417 e. The van der Waals surface area contributed by atoms with Crippen molar-refractivity contribution in [3.8, 4) is 0 Å². The smallest absolute Gasteiger partial charge is 0.335 e. The summed E-state index contributed by atoms with van der Waals surface area (Å²) in [5.41, 5.74) is 1.10. The van der Waals surface area contributed by atoms with Crippen LogP contribution in [-0.4, -0.2) is 36.6 Å². The van der Waals surface area contributed by atoms with E-state index in [1.165, 1.54) is 18.9 Å². The van der Waals surface area contributed by atoms with E-state index in [1.807, 2.05) is 0 Å². The Hall–Kier alpha value is -1.73. The first kappa shape index (κ1) is 22.5. The molecule has 2 N–H and O–H groups in total. The molecule has 1 aliphatic heterocycles. The third-order valence-corrected chi connectivity index (χ3v) is 7.77. The van der Waals surface area contributed by atoms with Gasteiger partial charge in [0.25, 0.3) is 0 Å². The lowest BCUT2D eigenvalue weighted by molar-refractivity contribution is -0.137. The number of rotatable bonds is 4. The Bertz CT molecular complexity index is 875. The van der Waals surface area contributed by atoms with Crippen molar-refractivity contribution >= 4 is 23.3 Å². The van der Waals surface area contributed by atoms with E-state index in [4.69, 9.17) is 11.6 Å². The molecule has 0 radical (unpaired) electrons. The van der Waals surface area contributed by atoms with Crippen LogP contribution in [0, 0.1) is 17.3 Å². The third-order valence-electron chi connectivity index (χ3n) is 7.44. The summed E-state index contributed by atoms with van der Waals surface area (Å²) < 4.78 is 39.0. The molecule has 4 aliphatic rings. The summed E-state index contributed by atoms with van der Waals surface area (Å²) in [5.74, 6) is 1.54. The fourth-order valence-electron chi connectivity index (χ4n) is 5.32. The Morgan fingerprint density at radius 3 is 2.58 bits per heavy atom. The number of carbonyl (C=O) groups is 1. The molecule has 0 aromatic heterocycles. The number of alkyl halides is 3. The highest BCUT2D eigenvalue weighted by Crippen LogP contribution is 2.59. The van der Waals surface area contributed by atoms with Gasteiger partial charge in [0, 0.05) is 31.4 Å². The van der Waals surface area contributed by atoms with Gasteiger partial charge >= 0.3 is 12.2 Å². The highest BCUT2D eigenvalue weighted by atomic mass is 35.5. The van der Waals surface area contributed by atoms with Crippen molar-refractivity contribution in [2.75, 3.05) is 25.0 Å². The fourth-order valence-corrected chi connectivity index (χ4v) is 5.55. The molecule has 1 aromatic rings. The number of nitrogens with zero attached hydrogens (tertiary/aromatic N) is 1. The van der Waals surface area contributed by atoms with E-state index in [9.17, 15) is 18.0 Å². The van der Waals surface area contributed by atoms with Gasteiger partial charge in [0.1, 0.15) is 0 Å². The molecule has 1 aromatic carbocycles. The van der Waals surface area contributed by atoms with Crippen LogP contribution in [0.2, 0.25) is 5.02 Å². The number of carbonyl (C=O) groups excluding carboxylic acids is 1. The normalized spacial score (nSPS) is 26.1. The SMILES string of the molecule is CC1(C)[C@H]2CC=C(CN3CCC(NC(=O)Nc4ccc(Cl)c(C(F)(F)F)c4)CC3)[C@@H]1C2. The van der Waals surface area contributed by atoms with Gasteiger partial charge in [-0.05, 0) is 61.1 Å². The highest BCUT2D eigenvalue weighted by Gasteiger charge is 2.51. The summed E-state index contributed by atoms with van der Waals surface area (Å²) in [7, 11) is 0. The zero-order valence-electron chi connectivity index (χ0n) is 17.9. The first-order valence-corrected chi connectivity index (χ1v) is 11.3. The second-order valence-electron chi connectivity index (χ2n) is 9.66. The lowest BCUT2D eigenvalue weighted by atomic mass is 9.49. The number of benzene rings is 1. The number of allylic oxidation sites excluding steroid dienone is 1. The van der Waals surface area contributed by atoms with Crippen LogP contribution in [0.4, 0.5) is 23.7 Å². The van der Waals surface area contributed by atoms with E-state index in [1.54, 1.807) is 5.57 Å². The first-order valence-electron chi connectivity index (χ1n) is 10.9. The number of nitrogens with one attached hydrogen (secondary N) is 2. The Kier molecular flexibility index (Phi) is 6.03. The number of hydrogen-bond donors (Lipinski definition) is 2. The minimum Gasteiger partial charge on any atom is -0.335 e. The Morgan fingerprint density at radius 1 is 1.26 bits per heavy atom. The van der Waals surface area contributed by atoms with Crippen molar-refractivity contribution < 1.29 is 18.0 Å². The summed E-state index contributed by atoms with van der Waals surface area (Å²) in [4.78, 5) is 14.7. The van der Waals surface area contributed by atoms with Gasteiger partial charge < -0.3 is 10.6 Å². The Balaban J connectivity index is 1.25. The summed E-state index contributed by atoms with van der Waals surface area (Å²) in [5, 5.41) is 4.99. The van der Waals surface area contributed by atoms with Crippen LogP contribution in [0.25, 0.3) is 0 Å². The van der Waals surface area contributed by atoms with Crippen molar-refractivity contribution in [2.24, 2.45) is 17.3 Å². The van der Waals surface area contributed by atoms with Gasteiger partial charge in [0.15, 0.2) is 0 Å². The Morgan fingerprint density at radius 2 is 1.97 bits per heavy atom. The second kappa shape index (κ2) is 8.32. The van der Waals surface area contributed by atoms with Crippen molar-refractivity contribution in [3.05, 3.63) is 40.4 Å². The van der Waals surface area contributed by atoms with Gasteiger partial charge in [-0.25, -0.2) is 4.79 Å². The van der Waals surface area contributed by atoms with E-state index in [0.29, 0.717) is 11.3 Å². The largest absolute Gasteiger partial charge is 0.417 e. The quantitative estimate of drug-likeness (QED) is 0.552. The molecule has 8 heteroatoms. The molecule has 31 heavy (non-hydrogen) atoms. The average molecular weight is 456 g/mol. The van der Waals surface area contributed by atoms with Gasteiger partial charge in [-0.15, -0.1) is 0 Å². The fraction of sp³-hybridized carbons (Fsp3) is 0.609. The van der Waals surface area contributed by atoms with Crippen LogP contribution < -0.4 is 10.6 Å². The number of piperidine rings is 1. The van der Waals surface area contributed by atoms with E-state index in [2.05, 4.69) is 35.5 Å². The predicted octanol–water partition coefficient (Wildman–Crippen LogP) is 5.94. The van der Waals surface area contributed by atoms with Crippen LogP contribution in [-0.2, 0) is 6.18 Å². The molecule has 2 fully saturated rings. The zero-order chi connectivity index (χ0) is 22.4. The highest BCUT2D eigenvalue weighted by molar-refractivity contribution is 6.31. The number of hydrogen-bond acceptors (Lipinski definition) is 2. The van der Waals surface area contributed by atoms with Crippen molar-refractivity contribution in [3.63, 3.8) is 0 Å². The summed E-state index contributed by atoms with van der Waals surface area (Å²) in [6.07, 6.45) is 2.03. The predicted molar refractivity (Wildman–Crippen MR) is 116 cm³/mol. The maximum atomic E-state index is 13.0. The number of amides is 2. The molecule has 4 nitrogen and oxygen atoms in total. The molecular formula is C23H29ClF3N3O. The minimum atomic E-state index is -4.57. The molecule has 5 rings (SSSR count). The molecule has 170 valence electrons. The third kappa shape index (κ3) is 4.72. The van der Waals surface area contributed by atoms with Crippen LogP contribution in [0.3, 0.4) is 0 Å². The van der Waals surface area contributed by atoms with Crippen LogP contribution >= 0.6 is 11.6 Å². The van der Waals surface area contributed by atoms with Gasteiger partial charge in [-0.1, -0.05) is 37.1 Å². The number of likely N-dealkylation sites (tertiary alicyclic amines) is 1. The molecule has 3 aliphatic carbocycles. The van der Waals surface area contributed by atoms with Crippen molar-refractivity contribution in [1.29, 1.82) is 0 Å². The second-order valence-corrected chi connectivity index (χ2v) is 10.1. The monoisotopic (exact) mass is 455 g/mol. The van der Waals surface area contributed by atoms with Crippen LogP contribution in [0.15, 0.2) is 29.8 Å². The van der Waals surface area contributed by atoms with Gasteiger partial charge in [0.05, 0.1) is 10.6 Å². The average Bonchev–Trinajstić information content (AvgIpc) is 2.70. The first-order chi connectivity index (χ1) is 14.5. The van der Waals surface area contributed by atoms with Crippen molar-refractivity contribution in [1.82, 2.24) is 10.2 Å². The molecule has 1 saturated heterocycles. The minimum absolute atomic E-state index is 0.00972. The molecule has 0 unspecified atom stereocenters.